The lowest BCUT2D eigenvalue weighted by Gasteiger charge is -2.37. The van der Waals surface area contributed by atoms with Crippen molar-refractivity contribution in [2.45, 2.75) is 30.7 Å². The summed E-state index contributed by atoms with van der Waals surface area (Å²) in [5.41, 5.74) is 1.00. The predicted octanol–water partition coefficient (Wildman–Crippen LogP) is 4.50. The van der Waals surface area contributed by atoms with E-state index in [4.69, 9.17) is 9.47 Å². The maximum absolute atomic E-state index is 13.6. The van der Waals surface area contributed by atoms with E-state index in [1.165, 1.54) is 40.6 Å². The summed E-state index contributed by atoms with van der Waals surface area (Å²) in [6.45, 7) is 2.47. The van der Waals surface area contributed by atoms with E-state index in [0.717, 1.165) is 5.56 Å². The number of hydrogen-bond donors (Lipinski definition) is 0. The van der Waals surface area contributed by atoms with Crippen LogP contribution in [0.4, 0.5) is 4.39 Å². The van der Waals surface area contributed by atoms with Crippen LogP contribution in [0.1, 0.15) is 29.8 Å². The molecule has 1 aliphatic rings. The number of nitrogens with zero attached hydrogens (tertiary/aromatic N) is 2. The van der Waals surface area contributed by atoms with Gasteiger partial charge in [-0.3, -0.25) is 4.79 Å². The molecule has 0 aliphatic carbocycles. The standard InChI is InChI=1S/C26H29FN2O5S2/c1-3-14-28(36(31,32)22-10-8-20(33-2)9-11-22)17-26(30)29-15-12-25-23(13-16-35-25)24(29)18-34-21-6-4-19(27)5-7-21/h4-11,13,16,24H,3,12,14-15,17-18H2,1-2H3/t24-/m0/s1. The number of hydrogen-bond acceptors (Lipinski definition) is 6. The van der Waals surface area contributed by atoms with Crippen molar-refractivity contribution in [3.63, 3.8) is 0 Å². The summed E-state index contributed by atoms with van der Waals surface area (Å²) in [5.74, 6) is 0.410. The number of thiophene rings is 1. The van der Waals surface area contributed by atoms with Gasteiger partial charge in [-0.1, -0.05) is 6.92 Å². The number of sulfonamides is 1. The first kappa shape index (κ1) is 26.1. The van der Waals surface area contributed by atoms with Crippen molar-refractivity contribution in [1.82, 2.24) is 9.21 Å². The minimum Gasteiger partial charge on any atom is -0.497 e. The number of amides is 1. The molecule has 2 heterocycles. The minimum atomic E-state index is -3.88. The van der Waals surface area contributed by atoms with Gasteiger partial charge in [0.15, 0.2) is 0 Å². The third-order valence-corrected chi connectivity index (χ3v) is 8.97. The highest BCUT2D eigenvalue weighted by Crippen LogP contribution is 2.34. The van der Waals surface area contributed by atoms with Crippen LogP contribution in [0.2, 0.25) is 0 Å². The Morgan fingerprint density at radius 1 is 1.11 bits per heavy atom. The number of carbonyl (C=O) groups excluding carboxylic acids is 1. The van der Waals surface area contributed by atoms with Crippen molar-refractivity contribution in [1.29, 1.82) is 0 Å². The second-order valence-corrected chi connectivity index (χ2v) is 11.4. The largest absolute Gasteiger partial charge is 0.497 e. The molecule has 0 bridgehead atoms. The third kappa shape index (κ3) is 5.71. The minimum absolute atomic E-state index is 0.111. The predicted molar refractivity (Wildman–Crippen MR) is 136 cm³/mol. The number of ether oxygens (including phenoxy) is 2. The summed E-state index contributed by atoms with van der Waals surface area (Å²) in [4.78, 5) is 16.6. The molecule has 7 nitrogen and oxygen atoms in total. The van der Waals surface area contributed by atoms with Gasteiger partial charge in [-0.05, 0) is 78.4 Å². The Hall–Kier alpha value is -2.95. The molecule has 1 atom stereocenters. The van der Waals surface area contributed by atoms with Crippen LogP contribution in [0.3, 0.4) is 0 Å². The van der Waals surface area contributed by atoms with Crippen LogP contribution in [0.15, 0.2) is 64.9 Å². The van der Waals surface area contributed by atoms with Crippen LogP contribution in [-0.4, -0.2) is 56.9 Å². The SMILES string of the molecule is CCCN(CC(=O)N1CCc2sccc2[C@@H]1COc1ccc(F)cc1)S(=O)(=O)c1ccc(OC)cc1. The first-order valence-corrected chi connectivity index (χ1v) is 14.0. The number of fused-ring (bicyclic) bond motifs is 1. The van der Waals surface area contributed by atoms with Gasteiger partial charge < -0.3 is 14.4 Å². The van der Waals surface area contributed by atoms with Crippen molar-refractivity contribution < 1.29 is 27.1 Å². The molecule has 1 amide bonds. The van der Waals surface area contributed by atoms with Gasteiger partial charge >= 0.3 is 0 Å². The lowest BCUT2D eigenvalue weighted by Crippen LogP contribution is -2.48. The molecule has 1 aliphatic heterocycles. The molecule has 4 rings (SSSR count). The molecule has 0 unspecified atom stereocenters. The van der Waals surface area contributed by atoms with Gasteiger partial charge in [0, 0.05) is 18.0 Å². The molecule has 3 aromatic rings. The smallest absolute Gasteiger partial charge is 0.243 e. The zero-order valence-electron chi connectivity index (χ0n) is 20.2. The number of methoxy groups -OCH3 is 1. The molecule has 0 spiro atoms. The molecule has 10 heteroatoms. The maximum atomic E-state index is 13.6. The maximum Gasteiger partial charge on any atom is 0.243 e. The number of halogens is 1. The molecule has 0 radical (unpaired) electrons. The van der Waals surface area contributed by atoms with E-state index < -0.39 is 10.0 Å². The van der Waals surface area contributed by atoms with Gasteiger partial charge in [0.05, 0.1) is 24.6 Å². The third-order valence-electron chi connectivity index (χ3n) is 6.12. The number of benzene rings is 2. The first-order valence-electron chi connectivity index (χ1n) is 11.7. The molecule has 0 saturated heterocycles. The molecule has 192 valence electrons. The van der Waals surface area contributed by atoms with Gasteiger partial charge in [0.2, 0.25) is 15.9 Å². The summed E-state index contributed by atoms with van der Waals surface area (Å²) >= 11 is 1.63. The second-order valence-electron chi connectivity index (χ2n) is 8.43. The summed E-state index contributed by atoms with van der Waals surface area (Å²) in [5, 5.41) is 1.99. The van der Waals surface area contributed by atoms with Gasteiger partial charge in [0.1, 0.15) is 23.9 Å². The van der Waals surface area contributed by atoms with Gasteiger partial charge in [-0.15, -0.1) is 11.3 Å². The molecular weight excluding hydrogens is 503 g/mol. The molecule has 0 fully saturated rings. The Balaban J connectivity index is 1.54. The van der Waals surface area contributed by atoms with Crippen LogP contribution >= 0.6 is 11.3 Å². The molecular formula is C26H29FN2O5S2. The van der Waals surface area contributed by atoms with E-state index in [1.54, 1.807) is 40.5 Å². The monoisotopic (exact) mass is 532 g/mol. The zero-order valence-corrected chi connectivity index (χ0v) is 21.9. The highest BCUT2D eigenvalue weighted by Gasteiger charge is 2.35. The number of carbonyl (C=O) groups is 1. The Labute approximate surface area is 215 Å². The molecule has 36 heavy (non-hydrogen) atoms. The fourth-order valence-electron chi connectivity index (χ4n) is 4.25. The van der Waals surface area contributed by atoms with E-state index in [2.05, 4.69) is 0 Å². The van der Waals surface area contributed by atoms with Crippen molar-refractivity contribution in [3.8, 4) is 11.5 Å². The van der Waals surface area contributed by atoms with Gasteiger partial charge in [-0.2, -0.15) is 4.31 Å². The Bertz CT molecular complexity index is 1280. The molecule has 0 N–H and O–H groups in total. The number of rotatable bonds is 10. The quantitative estimate of drug-likeness (QED) is 0.384. The Kier molecular flexibility index (Phi) is 8.28. The lowest BCUT2D eigenvalue weighted by molar-refractivity contribution is -0.135. The van der Waals surface area contributed by atoms with Crippen LogP contribution in [-0.2, 0) is 21.2 Å². The summed E-state index contributed by atoms with van der Waals surface area (Å²) < 4.78 is 52.3. The zero-order chi connectivity index (χ0) is 25.7. The summed E-state index contributed by atoms with van der Waals surface area (Å²) in [6.07, 6.45) is 1.26. The fraction of sp³-hybridized carbons (Fsp3) is 0.346. The fourth-order valence-corrected chi connectivity index (χ4v) is 6.66. The molecule has 1 aromatic heterocycles. The van der Waals surface area contributed by atoms with Gasteiger partial charge in [-0.25, -0.2) is 12.8 Å². The lowest BCUT2D eigenvalue weighted by atomic mass is 10.0. The van der Waals surface area contributed by atoms with Crippen LogP contribution in [0.5, 0.6) is 11.5 Å². The average molecular weight is 533 g/mol. The van der Waals surface area contributed by atoms with Crippen molar-refractivity contribution in [2.75, 3.05) is 33.4 Å². The van der Waals surface area contributed by atoms with Crippen molar-refractivity contribution in [2.24, 2.45) is 0 Å². The van der Waals surface area contributed by atoms with Crippen LogP contribution in [0.25, 0.3) is 0 Å². The Morgan fingerprint density at radius 2 is 1.81 bits per heavy atom. The molecule has 0 saturated carbocycles. The van der Waals surface area contributed by atoms with E-state index in [0.29, 0.717) is 30.9 Å². The van der Waals surface area contributed by atoms with Crippen LogP contribution in [0, 0.1) is 5.82 Å². The molecule has 2 aromatic carbocycles. The summed E-state index contributed by atoms with van der Waals surface area (Å²) in [7, 11) is -2.37. The van der Waals surface area contributed by atoms with Crippen molar-refractivity contribution in [3.05, 3.63) is 76.2 Å². The van der Waals surface area contributed by atoms with E-state index in [-0.39, 0.29) is 42.4 Å². The average Bonchev–Trinajstić information content (AvgIpc) is 3.37. The summed E-state index contributed by atoms with van der Waals surface area (Å²) in [6, 6.07) is 13.5. The second kappa shape index (κ2) is 11.4. The topological polar surface area (TPSA) is 76.2 Å². The van der Waals surface area contributed by atoms with E-state index >= 15 is 0 Å². The normalized spacial score (nSPS) is 15.6. The highest BCUT2D eigenvalue weighted by atomic mass is 32.2. The van der Waals surface area contributed by atoms with E-state index in [1.807, 2.05) is 18.4 Å². The highest BCUT2D eigenvalue weighted by molar-refractivity contribution is 7.89. The van der Waals surface area contributed by atoms with Crippen LogP contribution < -0.4 is 9.47 Å². The first-order chi connectivity index (χ1) is 17.3. The van der Waals surface area contributed by atoms with Crippen molar-refractivity contribution >= 4 is 27.3 Å². The Morgan fingerprint density at radius 3 is 2.47 bits per heavy atom. The van der Waals surface area contributed by atoms with E-state index in [9.17, 15) is 17.6 Å². The van der Waals surface area contributed by atoms with Gasteiger partial charge in [0.25, 0.3) is 0 Å².